The van der Waals surface area contributed by atoms with Crippen LogP contribution in [0.3, 0.4) is 0 Å². The number of hydrazine groups is 1. The van der Waals surface area contributed by atoms with E-state index in [0.29, 0.717) is 25.8 Å². The van der Waals surface area contributed by atoms with Gasteiger partial charge >= 0.3 is 17.9 Å². The van der Waals surface area contributed by atoms with Crippen molar-refractivity contribution in [3.8, 4) is 11.8 Å². The molecule has 12 heteroatoms. The summed E-state index contributed by atoms with van der Waals surface area (Å²) in [5.74, 6) is 6.48. The molecule has 2 atom stereocenters. The van der Waals surface area contributed by atoms with Crippen molar-refractivity contribution in [2.24, 2.45) is 5.84 Å². The highest BCUT2D eigenvalue weighted by Crippen LogP contribution is 2.14. The SMILES string of the molecule is NN[C@@H](C#CCCCNC(=O)CC[C@H](NC(=O)CCCCCCCCCCCCCCCCC(=O)O)C(=O)O)C(=O)O. The molecule has 0 aromatic rings. The van der Waals surface area contributed by atoms with Gasteiger partial charge in [0, 0.05) is 32.2 Å². The van der Waals surface area contributed by atoms with Gasteiger partial charge in [-0.15, -0.1) is 5.92 Å². The highest BCUT2D eigenvalue weighted by atomic mass is 16.4. The minimum Gasteiger partial charge on any atom is -0.481 e. The van der Waals surface area contributed by atoms with E-state index in [4.69, 9.17) is 16.1 Å². The largest absolute Gasteiger partial charge is 0.481 e. The number of nitrogens with one attached hydrogen (secondary N) is 3. The van der Waals surface area contributed by atoms with Gasteiger partial charge in [0.25, 0.3) is 0 Å². The molecule has 0 aliphatic heterocycles. The Morgan fingerprint density at radius 1 is 0.619 bits per heavy atom. The molecule has 0 aliphatic rings. The fourth-order valence-corrected chi connectivity index (χ4v) is 4.32. The summed E-state index contributed by atoms with van der Waals surface area (Å²) < 4.78 is 0. The van der Waals surface area contributed by atoms with E-state index in [1.165, 1.54) is 44.9 Å². The van der Waals surface area contributed by atoms with Gasteiger partial charge in [-0.2, -0.15) is 0 Å². The van der Waals surface area contributed by atoms with Crippen molar-refractivity contribution < 1.29 is 39.3 Å². The van der Waals surface area contributed by atoms with Crippen LogP contribution < -0.4 is 21.9 Å². The molecule has 0 fully saturated rings. The van der Waals surface area contributed by atoms with E-state index in [9.17, 15) is 29.1 Å². The second-order valence-electron chi connectivity index (χ2n) is 10.6. The van der Waals surface area contributed by atoms with Gasteiger partial charge in [-0.05, 0) is 25.7 Å². The zero-order valence-corrected chi connectivity index (χ0v) is 25.0. The minimum absolute atomic E-state index is 0.0119. The van der Waals surface area contributed by atoms with Crippen molar-refractivity contribution in [3.63, 3.8) is 0 Å². The molecule has 0 bridgehead atoms. The number of unbranched alkanes of at least 4 members (excludes halogenated alkanes) is 14. The summed E-state index contributed by atoms with van der Waals surface area (Å²) in [6.07, 6.45) is 16.5. The number of aliphatic carboxylic acids is 3. The Kier molecular flexibility index (Phi) is 24.7. The lowest BCUT2D eigenvalue weighted by molar-refractivity contribution is -0.142. The number of amides is 2. The van der Waals surface area contributed by atoms with Crippen LogP contribution in [0.4, 0.5) is 0 Å². The number of hydrogen-bond acceptors (Lipinski definition) is 7. The number of nitrogens with two attached hydrogens (primary N) is 1. The first kappa shape index (κ1) is 38.8. The Morgan fingerprint density at radius 3 is 1.57 bits per heavy atom. The second kappa shape index (κ2) is 26.7. The maximum absolute atomic E-state index is 12.2. The van der Waals surface area contributed by atoms with Crippen LogP contribution in [0, 0.1) is 11.8 Å². The average molecular weight is 597 g/mol. The maximum atomic E-state index is 12.2. The number of carboxylic acid groups (broad SMARTS) is 3. The summed E-state index contributed by atoms with van der Waals surface area (Å²) in [4.78, 5) is 56.9. The standard InChI is InChI=1S/C30H52N4O8/c31-34-25(30(41)42)18-14-13-17-23-32-26(35)22-21-24(29(39)40)33-27(36)19-15-11-9-7-5-3-1-2-4-6-8-10-12-16-20-28(37)38/h24-25,34H,1-13,15-17,19-23,31H2,(H,32,35)(H,33,36)(H,37,38)(H,39,40)(H,41,42)/t24-,25-/m0/s1. The normalized spacial score (nSPS) is 12.0. The molecule has 0 heterocycles. The summed E-state index contributed by atoms with van der Waals surface area (Å²) in [5, 5.41) is 32.0. The molecule has 0 radical (unpaired) electrons. The van der Waals surface area contributed by atoms with E-state index in [0.717, 1.165) is 38.5 Å². The number of rotatable bonds is 27. The zero-order chi connectivity index (χ0) is 31.4. The number of carbonyl (C=O) groups is 5. The molecule has 42 heavy (non-hydrogen) atoms. The van der Waals surface area contributed by atoms with Gasteiger partial charge in [-0.1, -0.05) is 83.0 Å². The number of carboxylic acids is 3. The van der Waals surface area contributed by atoms with E-state index in [1.54, 1.807) is 0 Å². The molecule has 0 saturated heterocycles. The van der Waals surface area contributed by atoms with Crippen molar-refractivity contribution in [1.29, 1.82) is 0 Å². The van der Waals surface area contributed by atoms with Gasteiger partial charge in [0.1, 0.15) is 6.04 Å². The molecule has 0 aromatic heterocycles. The third-order valence-corrected chi connectivity index (χ3v) is 6.80. The van der Waals surface area contributed by atoms with E-state index >= 15 is 0 Å². The third kappa shape index (κ3) is 24.6. The van der Waals surface area contributed by atoms with Crippen LogP contribution in [0.1, 0.15) is 128 Å². The monoisotopic (exact) mass is 596 g/mol. The molecule has 0 unspecified atom stereocenters. The Hall–Kier alpha value is -3.17. The third-order valence-electron chi connectivity index (χ3n) is 6.80. The van der Waals surface area contributed by atoms with E-state index in [1.807, 2.05) is 0 Å². The molecule has 0 aromatic carbocycles. The summed E-state index contributed by atoms with van der Waals surface area (Å²) in [6, 6.07) is -2.27. The Labute approximate surface area is 249 Å². The highest BCUT2D eigenvalue weighted by Gasteiger charge is 2.20. The van der Waals surface area contributed by atoms with E-state index in [-0.39, 0.29) is 37.5 Å². The van der Waals surface area contributed by atoms with Crippen molar-refractivity contribution in [2.75, 3.05) is 6.54 Å². The summed E-state index contributed by atoms with van der Waals surface area (Å²) in [7, 11) is 0. The first-order chi connectivity index (χ1) is 20.2. The second-order valence-corrected chi connectivity index (χ2v) is 10.6. The quantitative estimate of drug-likeness (QED) is 0.0318. The van der Waals surface area contributed by atoms with Crippen LogP contribution in [-0.4, -0.2) is 63.7 Å². The maximum Gasteiger partial charge on any atom is 0.334 e. The summed E-state index contributed by atoms with van der Waals surface area (Å²) in [5.41, 5.74) is 2.07. The van der Waals surface area contributed by atoms with Crippen LogP contribution >= 0.6 is 0 Å². The molecule has 0 spiro atoms. The molecule has 0 aliphatic carbocycles. The lowest BCUT2D eigenvalue weighted by atomic mass is 10.0. The van der Waals surface area contributed by atoms with Crippen molar-refractivity contribution >= 4 is 29.7 Å². The van der Waals surface area contributed by atoms with Crippen LogP contribution in [-0.2, 0) is 24.0 Å². The lowest BCUT2D eigenvalue weighted by Gasteiger charge is -2.14. The van der Waals surface area contributed by atoms with Gasteiger partial charge in [0.15, 0.2) is 6.04 Å². The van der Waals surface area contributed by atoms with E-state index in [2.05, 4.69) is 27.9 Å². The molecule has 2 amide bonds. The van der Waals surface area contributed by atoms with Crippen LogP contribution in [0.15, 0.2) is 0 Å². The zero-order valence-electron chi connectivity index (χ0n) is 25.0. The van der Waals surface area contributed by atoms with E-state index < -0.39 is 30.0 Å². The Balaban J connectivity index is 3.78. The Morgan fingerprint density at radius 2 is 1.12 bits per heavy atom. The smallest absolute Gasteiger partial charge is 0.334 e. The predicted octanol–water partition coefficient (Wildman–Crippen LogP) is 3.48. The van der Waals surface area contributed by atoms with Crippen LogP contribution in [0.5, 0.6) is 0 Å². The van der Waals surface area contributed by atoms with Gasteiger partial charge in [0.05, 0.1) is 0 Å². The van der Waals surface area contributed by atoms with Gasteiger partial charge in [-0.25, -0.2) is 15.0 Å². The molecule has 0 saturated carbocycles. The van der Waals surface area contributed by atoms with Gasteiger partial charge < -0.3 is 26.0 Å². The topological polar surface area (TPSA) is 208 Å². The van der Waals surface area contributed by atoms with Crippen molar-refractivity contribution in [1.82, 2.24) is 16.1 Å². The Bertz CT molecular complexity index is 856. The molecule has 12 nitrogen and oxygen atoms in total. The number of hydrogen-bond donors (Lipinski definition) is 7. The number of carbonyl (C=O) groups excluding carboxylic acids is 2. The van der Waals surface area contributed by atoms with Gasteiger partial charge in [0.2, 0.25) is 11.8 Å². The summed E-state index contributed by atoms with van der Waals surface area (Å²) in [6.45, 7) is 0.310. The van der Waals surface area contributed by atoms with Crippen molar-refractivity contribution in [2.45, 2.75) is 141 Å². The van der Waals surface area contributed by atoms with Gasteiger partial charge in [-0.3, -0.25) is 20.2 Å². The molecule has 8 N–H and O–H groups in total. The molecular weight excluding hydrogens is 544 g/mol. The molecular formula is C30H52N4O8. The first-order valence-corrected chi connectivity index (χ1v) is 15.3. The summed E-state index contributed by atoms with van der Waals surface area (Å²) >= 11 is 0. The average Bonchev–Trinajstić information content (AvgIpc) is 2.94. The molecule has 0 rings (SSSR count). The van der Waals surface area contributed by atoms with Crippen LogP contribution in [0.25, 0.3) is 0 Å². The van der Waals surface area contributed by atoms with Crippen LogP contribution in [0.2, 0.25) is 0 Å². The van der Waals surface area contributed by atoms with Crippen molar-refractivity contribution in [3.05, 3.63) is 0 Å². The highest BCUT2D eigenvalue weighted by molar-refractivity contribution is 5.84. The minimum atomic E-state index is -1.18. The first-order valence-electron chi connectivity index (χ1n) is 15.3. The fourth-order valence-electron chi connectivity index (χ4n) is 4.32. The molecule has 240 valence electrons. The fraction of sp³-hybridized carbons (Fsp3) is 0.767. The lowest BCUT2D eigenvalue weighted by Crippen LogP contribution is -2.41. The predicted molar refractivity (Wildman–Crippen MR) is 159 cm³/mol.